The molecule has 2 saturated carbocycles. The Labute approximate surface area is 271 Å². The van der Waals surface area contributed by atoms with Crippen molar-refractivity contribution in [1.29, 1.82) is 0 Å². The molecule has 3 aliphatic rings. The van der Waals surface area contributed by atoms with Gasteiger partial charge in [0, 0.05) is 43.9 Å². The zero-order valence-corrected chi connectivity index (χ0v) is 28.4. The van der Waals surface area contributed by atoms with Crippen LogP contribution < -0.4 is 15.4 Å². The first-order valence-electron chi connectivity index (χ1n) is 17.8. The summed E-state index contributed by atoms with van der Waals surface area (Å²) in [7, 11) is 2.20. The second-order valence-electron chi connectivity index (χ2n) is 14.2. The van der Waals surface area contributed by atoms with Crippen molar-refractivity contribution in [3.05, 3.63) is 23.8 Å². The first-order valence-corrected chi connectivity index (χ1v) is 17.8. The van der Waals surface area contributed by atoms with Crippen molar-refractivity contribution >= 4 is 17.6 Å². The lowest BCUT2D eigenvalue weighted by molar-refractivity contribution is -0.0190. The quantitative estimate of drug-likeness (QED) is 0.306. The van der Waals surface area contributed by atoms with E-state index in [4.69, 9.17) is 9.47 Å². The van der Waals surface area contributed by atoms with E-state index in [1.54, 1.807) is 23.1 Å². The van der Waals surface area contributed by atoms with E-state index in [2.05, 4.69) is 29.5 Å². The lowest BCUT2D eigenvalue weighted by Gasteiger charge is -2.36. The number of anilines is 1. The number of likely N-dealkylation sites (N-methyl/N-ethyl adjacent to an activating group) is 1. The predicted molar refractivity (Wildman–Crippen MR) is 180 cm³/mol. The van der Waals surface area contributed by atoms with Gasteiger partial charge in [-0.15, -0.1) is 0 Å². The standard InChI is InChI=1S/C36H60N4O5/c1-26-22-40(27(2)25-41)35(42)32-21-31(38-36(43)37-30-16-9-6-10-17-30)18-19-33(32)45-28(3)13-11-12-20-44-34(26)24-39(4)23-29-14-7-5-8-15-29/h18-19,21,26-30,34,41H,5-17,20,22-25H2,1-4H3,(H2,37,38,43)/t26-,27+,28+,34-/m0/s1. The summed E-state index contributed by atoms with van der Waals surface area (Å²) >= 11 is 0. The van der Waals surface area contributed by atoms with Gasteiger partial charge in [-0.05, 0) is 90.0 Å². The number of ether oxygens (including phenoxy) is 2. The molecule has 0 saturated heterocycles. The molecular weight excluding hydrogens is 568 g/mol. The van der Waals surface area contributed by atoms with Gasteiger partial charge in [-0.3, -0.25) is 4.79 Å². The first-order chi connectivity index (χ1) is 21.7. The SMILES string of the molecule is C[C@@H]1CCCCO[C@@H](CN(C)CC2CCCCC2)[C@@H](C)CN([C@H](C)CO)C(=O)c2cc(NC(=O)NC3CCCCC3)ccc2O1. The maximum atomic E-state index is 14.4. The topological polar surface area (TPSA) is 103 Å². The number of nitrogens with one attached hydrogen (secondary N) is 2. The van der Waals surface area contributed by atoms with Gasteiger partial charge in [-0.25, -0.2) is 4.79 Å². The fourth-order valence-corrected chi connectivity index (χ4v) is 7.25. The molecule has 45 heavy (non-hydrogen) atoms. The summed E-state index contributed by atoms with van der Waals surface area (Å²) in [6.45, 7) is 8.92. The van der Waals surface area contributed by atoms with Crippen LogP contribution in [-0.4, -0.2) is 91.0 Å². The van der Waals surface area contributed by atoms with Crippen LogP contribution in [-0.2, 0) is 4.74 Å². The Morgan fingerprint density at radius 2 is 1.69 bits per heavy atom. The van der Waals surface area contributed by atoms with Crippen molar-refractivity contribution < 1.29 is 24.2 Å². The van der Waals surface area contributed by atoms with Crippen molar-refractivity contribution in [2.45, 2.75) is 129 Å². The molecule has 1 aromatic carbocycles. The molecule has 3 N–H and O–H groups in total. The van der Waals surface area contributed by atoms with Crippen LogP contribution in [0.4, 0.5) is 10.5 Å². The molecule has 0 unspecified atom stereocenters. The molecule has 0 bridgehead atoms. The molecule has 4 atom stereocenters. The average molecular weight is 629 g/mol. The molecule has 2 fully saturated rings. The Kier molecular flexibility index (Phi) is 14.3. The molecule has 2 aliphatic carbocycles. The van der Waals surface area contributed by atoms with E-state index in [1.807, 2.05) is 13.8 Å². The van der Waals surface area contributed by atoms with E-state index in [1.165, 1.54) is 38.5 Å². The summed E-state index contributed by atoms with van der Waals surface area (Å²) < 4.78 is 12.9. The molecule has 1 aromatic rings. The van der Waals surface area contributed by atoms with Crippen LogP contribution in [0.5, 0.6) is 5.75 Å². The van der Waals surface area contributed by atoms with E-state index in [0.717, 1.165) is 64.0 Å². The summed E-state index contributed by atoms with van der Waals surface area (Å²) in [6, 6.07) is 4.85. The summed E-state index contributed by atoms with van der Waals surface area (Å²) in [4.78, 5) is 31.4. The van der Waals surface area contributed by atoms with Crippen LogP contribution >= 0.6 is 0 Å². The molecular formula is C36H60N4O5. The highest BCUT2D eigenvalue weighted by atomic mass is 16.5. The lowest BCUT2D eigenvalue weighted by atomic mass is 9.89. The number of aliphatic hydroxyl groups is 1. The number of hydrogen-bond donors (Lipinski definition) is 3. The highest BCUT2D eigenvalue weighted by molar-refractivity contribution is 5.99. The fourth-order valence-electron chi connectivity index (χ4n) is 7.25. The van der Waals surface area contributed by atoms with Crippen LogP contribution in [0.1, 0.15) is 115 Å². The number of carbonyl (C=O) groups is 2. The predicted octanol–water partition coefficient (Wildman–Crippen LogP) is 6.45. The number of aliphatic hydroxyl groups excluding tert-OH is 1. The number of rotatable bonds is 8. The zero-order valence-electron chi connectivity index (χ0n) is 28.4. The Morgan fingerprint density at radius 3 is 2.40 bits per heavy atom. The van der Waals surface area contributed by atoms with Crippen LogP contribution in [0.25, 0.3) is 0 Å². The minimum absolute atomic E-state index is 0.0349. The Hall–Kier alpha value is -2.36. The van der Waals surface area contributed by atoms with Gasteiger partial charge < -0.3 is 35.0 Å². The zero-order chi connectivity index (χ0) is 32.2. The molecule has 0 spiro atoms. The van der Waals surface area contributed by atoms with Crippen molar-refractivity contribution in [2.24, 2.45) is 11.8 Å². The molecule has 9 heteroatoms. The normalized spacial score (nSPS) is 25.6. The summed E-state index contributed by atoms with van der Waals surface area (Å²) in [6.07, 6.45) is 14.7. The average Bonchev–Trinajstić information content (AvgIpc) is 3.03. The number of amides is 3. The van der Waals surface area contributed by atoms with Crippen molar-refractivity contribution in [1.82, 2.24) is 15.1 Å². The third kappa shape index (κ3) is 11.1. The van der Waals surface area contributed by atoms with Crippen molar-refractivity contribution in [3.8, 4) is 5.75 Å². The number of nitrogens with zero attached hydrogens (tertiary/aromatic N) is 2. The second-order valence-corrected chi connectivity index (χ2v) is 14.2. The molecule has 1 heterocycles. The monoisotopic (exact) mass is 628 g/mol. The van der Waals surface area contributed by atoms with Gasteiger partial charge >= 0.3 is 6.03 Å². The Bertz CT molecular complexity index is 1060. The highest BCUT2D eigenvalue weighted by Gasteiger charge is 2.31. The number of fused-ring (bicyclic) bond motifs is 1. The minimum Gasteiger partial charge on any atom is -0.490 e. The van der Waals surface area contributed by atoms with Crippen LogP contribution in [0.2, 0.25) is 0 Å². The minimum atomic E-state index is -0.398. The number of hydrogen-bond acceptors (Lipinski definition) is 6. The van der Waals surface area contributed by atoms with E-state index in [-0.39, 0.29) is 42.7 Å². The van der Waals surface area contributed by atoms with Gasteiger partial charge in [-0.2, -0.15) is 0 Å². The van der Waals surface area contributed by atoms with E-state index in [9.17, 15) is 14.7 Å². The third-order valence-corrected chi connectivity index (χ3v) is 10.0. The van der Waals surface area contributed by atoms with Crippen molar-refractivity contribution in [3.63, 3.8) is 0 Å². The van der Waals surface area contributed by atoms with E-state index in [0.29, 0.717) is 30.2 Å². The number of carbonyl (C=O) groups excluding carboxylic acids is 2. The maximum absolute atomic E-state index is 14.4. The van der Waals surface area contributed by atoms with Crippen molar-refractivity contribution in [2.75, 3.05) is 45.2 Å². The van der Waals surface area contributed by atoms with E-state index < -0.39 is 6.04 Å². The van der Waals surface area contributed by atoms with Gasteiger partial charge in [0.25, 0.3) is 5.91 Å². The van der Waals surface area contributed by atoms with Gasteiger partial charge in [0.15, 0.2) is 0 Å². The van der Waals surface area contributed by atoms with E-state index >= 15 is 0 Å². The number of urea groups is 1. The van der Waals surface area contributed by atoms with Crippen LogP contribution in [0.3, 0.4) is 0 Å². The Morgan fingerprint density at radius 1 is 1.00 bits per heavy atom. The molecule has 4 rings (SSSR count). The summed E-state index contributed by atoms with van der Waals surface area (Å²) in [5, 5.41) is 16.3. The van der Waals surface area contributed by atoms with Gasteiger partial charge in [0.2, 0.25) is 0 Å². The first kappa shape index (κ1) is 35.5. The highest BCUT2D eigenvalue weighted by Crippen LogP contribution is 2.29. The fraction of sp³-hybridized carbons (Fsp3) is 0.778. The molecule has 0 aromatic heterocycles. The molecule has 0 radical (unpaired) electrons. The smallest absolute Gasteiger partial charge is 0.319 e. The molecule has 1 aliphatic heterocycles. The third-order valence-electron chi connectivity index (χ3n) is 10.0. The molecule has 254 valence electrons. The van der Waals surface area contributed by atoms with Gasteiger partial charge in [0.1, 0.15) is 5.75 Å². The number of benzene rings is 1. The molecule has 9 nitrogen and oxygen atoms in total. The van der Waals surface area contributed by atoms with Gasteiger partial charge in [0.05, 0.1) is 30.4 Å². The molecule has 3 amide bonds. The van der Waals surface area contributed by atoms with Gasteiger partial charge in [-0.1, -0.05) is 45.4 Å². The van der Waals surface area contributed by atoms with Crippen LogP contribution in [0, 0.1) is 11.8 Å². The summed E-state index contributed by atoms with van der Waals surface area (Å²) in [5.74, 6) is 1.08. The second kappa shape index (κ2) is 18.1. The lowest BCUT2D eigenvalue weighted by Crippen LogP contribution is -2.47. The maximum Gasteiger partial charge on any atom is 0.319 e. The largest absolute Gasteiger partial charge is 0.490 e. The summed E-state index contributed by atoms with van der Waals surface area (Å²) in [5.41, 5.74) is 0.941. The van der Waals surface area contributed by atoms with Crippen LogP contribution in [0.15, 0.2) is 18.2 Å². The Balaban J connectivity index is 1.54.